The summed E-state index contributed by atoms with van der Waals surface area (Å²) in [6.07, 6.45) is 3.90. The molecule has 21 heavy (non-hydrogen) atoms. The summed E-state index contributed by atoms with van der Waals surface area (Å²) >= 11 is 3.51. The largest absolute Gasteiger partial charge is 0.299 e. The molecule has 1 aliphatic heterocycles. The summed E-state index contributed by atoms with van der Waals surface area (Å²) in [7, 11) is 0. The van der Waals surface area contributed by atoms with Crippen LogP contribution in [0.1, 0.15) is 24.0 Å². The molecule has 0 aromatic heterocycles. The minimum atomic E-state index is 0.795. The Morgan fingerprint density at radius 1 is 0.952 bits per heavy atom. The van der Waals surface area contributed by atoms with Crippen LogP contribution in [0.2, 0.25) is 0 Å². The van der Waals surface area contributed by atoms with Gasteiger partial charge < -0.3 is 0 Å². The van der Waals surface area contributed by atoms with Crippen molar-refractivity contribution in [3.63, 3.8) is 0 Å². The molecule has 1 atom stereocenters. The zero-order valence-corrected chi connectivity index (χ0v) is 13.9. The summed E-state index contributed by atoms with van der Waals surface area (Å²) in [4.78, 5) is 2.61. The number of nitrogens with zero attached hydrogens (tertiary/aromatic N) is 1. The molecule has 0 saturated carbocycles. The molecule has 1 unspecified atom stereocenters. The van der Waals surface area contributed by atoms with Gasteiger partial charge in [0.2, 0.25) is 0 Å². The van der Waals surface area contributed by atoms with Gasteiger partial charge in [-0.25, -0.2) is 0 Å². The maximum absolute atomic E-state index is 3.51. The number of piperidine rings is 1. The van der Waals surface area contributed by atoms with Gasteiger partial charge in [-0.1, -0.05) is 58.4 Å². The molecular formula is C19H22BrN. The van der Waals surface area contributed by atoms with Gasteiger partial charge in [-0.2, -0.15) is 0 Å². The normalized spacial score (nSPS) is 19.6. The Morgan fingerprint density at radius 3 is 2.48 bits per heavy atom. The third-order valence-corrected chi connectivity index (χ3v) is 4.82. The highest BCUT2D eigenvalue weighted by molar-refractivity contribution is 9.10. The standard InChI is InChI=1S/C19H22BrN/c20-19-10-8-16(9-11-19)13-18-7-4-12-21(15-18)14-17-5-2-1-3-6-17/h1-3,5-6,8-11,18H,4,7,12-15H2. The van der Waals surface area contributed by atoms with Crippen LogP contribution in [0.4, 0.5) is 0 Å². The van der Waals surface area contributed by atoms with Gasteiger partial charge in [0.05, 0.1) is 0 Å². The maximum atomic E-state index is 3.51. The number of hydrogen-bond donors (Lipinski definition) is 0. The summed E-state index contributed by atoms with van der Waals surface area (Å²) in [6.45, 7) is 3.56. The molecule has 1 aliphatic rings. The van der Waals surface area contributed by atoms with Gasteiger partial charge in [-0.05, 0) is 55.0 Å². The lowest BCUT2D eigenvalue weighted by Crippen LogP contribution is -2.35. The highest BCUT2D eigenvalue weighted by Gasteiger charge is 2.20. The average molecular weight is 344 g/mol. The molecule has 2 aromatic carbocycles. The number of likely N-dealkylation sites (tertiary alicyclic amines) is 1. The van der Waals surface area contributed by atoms with Gasteiger partial charge >= 0.3 is 0 Å². The predicted molar refractivity (Wildman–Crippen MR) is 92.3 cm³/mol. The molecule has 0 aliphatic carbocycles. The van der Waals surface area contributed by atoms with Crippen LogP contribution in [0.5, 0.6) is 0 Å². The predicted octanol–water partition coefficient (Wildman–Crippen LogP) is 4.90. The van der Waals surface area contributed by atoms with Crippen LogP contribution in [0.3, 0.4) is 0 Å². The third kappa shape index (κ3) is 4.42. The molecule has 110 valence electrons. The number of rotatable bonds is 4. The molecule has 1 nitrogen and oxygen atoms in total. The molecule has 2 aromatic rings. The summed E-state index contributed by atoms with van der Waals surface area (Å²) in [5.41, 5.74) is 2.89. The summed E-state index contributed by atoms with van der Waals surface area (Å²) in [6, 6.07) is 19.6. The fourth-order valence-corrected chi connectivity index (χ4v) is 3.52. The second-order valence-corrected chi connectivity index (χ2v) is 6.98. The van der Waals surface area contributed by atoms with Crippen LogP contribution < -0.4 is 0 Å². The van der Waals surface area contributed by atoms with Gasteiger partial charge in [-0.3, -0.25) is 4.90 Å². The van der Waals surface area contributed by atoms with Crippen LogP contribution in [0.25, 0.3) is 0 Å². The van der Waals surface area contributed by atoms with Crippen molar-refractivity contribution in [1.82, 2.24) is 4.90 Å². The molecule has 3 rings (SSSR count). The van der Waals surface area contributed by atoms with Gasteiger partial charge in [0.15, 0.2) is 0 Å². The smallest absolute Gasteiger partial charge is 0.0233 e. The molecule has 0 radical (unpaired) electrons. The minimum absolute atomic E-state index is 0.795. The highest BCUT2D eigenvalue weighted by atomic mass is 79.9. The van der Waals surface area contributed by atoms with Crippen LogP contribution in [0, 0.1) is 5.92 Å². The van der Waals surface area contributed by atoms with E-state index in [-0.39, 0.29) is 0 Å². The lowest BCUT2D eigenvalue weighted by atomic mass is 9.91. The fraction of sp³-hybridized carbons (Fsp3) is 0.368. The lowest BCUT2D eigenvalue weighted by Gasteiger charge is -2.33. The molecule has 0 bridgehead atoms. The van der Waals surface area contributed by atoms with Crippen molar-refractivity contribution < 1.29 is 0 Å². The lowest BCUT2D eigenvalue weighted by molar-refractivity contribution is 0.167. The monoisotopic (exact) mass is 343 g/mol. The molecule has 2 heteroatoms. The van der Waals surface area contributed by atoms with Crippen molar-refractivity contribution >= 4 is 15.9 Å². The zero-order valence-electron chi connectivity index (χ0n) is 12.3. The molecular weight excluding hydrogens is 322 g/mol. The van der Waals surface area contributed by atoms with Crippen molar-refractivity contribution in [2.24, 2.45) is 5.92 Å². The zero-order chi connectivity index (χ0) is 14.5. The number of benzene rings is 2. The Balaban J connectivity index is 1.57. The summed E-state index contributed by atoms with van der Waals surface area (Å²) < 4.78 is 1.17. The molecule has 0 spiro atoms. The van der Waals surface area contributed by atoms with E-state index >= 15 is 0 Å². The number of hydrogen-bond acceptors (Lipinski definition) is 1. The first-order valence-electron chi connectivity index (χ1n) is 7.80. The molecule has 1 heterocycles. The first-order chi connectivity index (χ1) is 10.3. The van der Waals surface area contributed by atoms with Gasteiger partial charge in [0.1, 0.15) is 0 Å². The highest BCUT2D eigenvalue weighted by Crippen LogP contribution is 2.23. The van der Waals surface area contributed by atoms with E-state index in [1.807, 2.05) is 0 Å². The second kappa shape index (κ2) is 7.24. The Labute approximate surface area is 136 Å². The topological polar surface area (TPSA) is 3.24 Å². The van der Waals surface area contributed by atoms with Crippen molar-refractivity contribution in [2.75, 3.05) is 13.1 Å². The Bertz CT molecular complexity index is 550. The Kier molecular flexibility index (Phi) is 5.10. The fourth-order valence-electron chi connectivity index (χ4n) is 3.26. The van der Waals surface area contributed by atoms with E-state index in [1.165, 1.54) is 48.0 Å². The molecule has 0 amide bonds. The van der Waals surface area contributed by atoms with E-state index in [0.717, 1.165) is 12.5 Å². The minimum Gasteiger partial charge on any atom is -0.299 e. The Hall–Kier alpha value is -1.12. The van der Waals surface area contributed by atoms with E-state index in [1.54, 1.807) is 0 Å². The van der Waals surface area contributed by atoms with E-state index < -0.39 is 0 Å². The van der Waals surface area contributed by atoms with Crippen molar-refractivity contribution in [3.8, 4) is 0 Å². The van der Waals surface area contributed by atoms with Crippen LogP contribution in [-0.4, -0.2) is 18.0 Å². The quantitative estimate of drug-likeness (QED) is 0.762. The second-order valence-electron chi connectivity index (χ2n) is 6.06. The summed E-state index contributed by atoms with van der Waals surface area (Å²) in [5, 5.41) is 0. The van der Waals surface area contributed by atoms with Crippen molar-refractivity contribution in [3.05, 3.63) is 70.2 Å². The first-order valence-corrected chi connectivity index (χ1v) is 8.59. The molecule has 1 fully saturated rings. The van der Waals surface area contributed by atoms with Crippen molar-refractivity contribution in [1.29, 1.82) is 0 Å². The average Bonchev–Trinajstić information content (AvgIpc) is 2.51. The van der Waals surface area contributed by atoms with Gasteiger partial charge in [0.25, 0.3) is 0 Å². The van der Waals surface area contributed by atoms with Crippen LogP contribution in [0.15, 0.2) is 59.1 Å². The SMILES string of the molecule is Brc1ccc(CC2CCCN(Cc3ccccc3)C2)cc1. The first kappa shape index (κ1) is 14.8. The van der Waals surface area contributed by atoms with Crippen LogP contribution in [-0.2, 0) is 13.0 Å². The van der Waals surface area contributed by atoms with Gasteiger partial charge in [-0.15, -0.1) is 0 Å². The van der Waals surface area contributed by atoms with E-state index in [0.29, 0.717) is 0 Å². The molecule has 0 N–H and O–H groups in total. The van der Waals surface area contributed by atoms with E-state index in [2.05, 4.69) is 75.4 Å². The number of halogens is 1. The molecule has 1 saturated heterocycles. The van der Waals surface area contributed by atoms with E-state index in [9.17, 15) is 0 Å². The van der Waals surface area contributed by atoms with E-state index in [4.69, 9.17) is 0 Å². The Morgan fingerprint density at radius 2 is 1.71 bits per heavy atom. The van der Waals surface area contributed by atoms with Crippen LogP contribution >= 0.6 is 15.9 Å². The third-order valence-electron chi connectivity index (χ3n) is 4.29. The van der Waals surface area contributed by atoms with Gasteiger partial charge in [0, 0.05) is 17.6 Å². The summed E-state index contributed by atoms with van der Waals surface area (Å²) in [5.74, 6) is 0.795. The van der Waals surface area contributed by atoms with Crippen molar-refractivity contribution in [2.45, 2.75) is 25.8 Å². The maximum Gasteiger partial charge on any atom is 0.0233 e.